The zero-order valence-corrected chi connectivity index (χ0v) is 9.91. The van der Waals surface area contributed by atoms with Gasteiger partial charge in [-0.25, -0.2) is 9.97 Å². The van der Waals surface area contributed by atoms with Gasteiger partial charge in [-0.15, -0.1) is 0 Å². The first-order valence-corrected chi connectivity index (χ1v) is 5.68. The van der Waals surface area contributed by atoms with Crippen LogP contribution in [0.25, 0.3) is 11.0 Å². The molecule has 16 heavy (non-hydrogen) atoms. The summed E-state index contributed by atoms with van der Waals surface area (Å²) in [6, 6.07) is 0.589. The van der Waals surface area contributed by atoms with Gasteiger partial charge in [0, 0.05) is 23.7 Å². The molecule has 4 heteroatoms. The molecular formula is C12H16N4. The number of hydrogen-bond donors (Lipinski definition) is 1. The van der Waals surface area contributed by atoms with Crippen molar-refractivity contribution in [2.45, 2.75) is 32.9 Å². The summed E-state index contributed by atoms with van der Waals surface area (Å²) in [5, 5.41) is 1.23. The van der Waals surface area contributed by atoms with E-state index in [2.05, 4.69) is 40.7 Å². The highest BCUT2D eigenvalue weighted by molar-refractivity contribution is 5.83. The highest BCUT2D eigenvalue weighted by atomic mass is 15.1. The maximum absolute atomic E-state index is 4.31. The molecule has 0 amide bonds. The molecule has 0 radical (unpaired) electrons. The van der Waals surface area contributed by atoms with E-state index in [1.807, 2.05) is 0 Å². The normalized spacial score (nSPS) is 21.3. The molecule has 1 aliphatic rings. The minimum Gasteiger partial charge on any atom is -0.342 e. The predicted octanol–water partition coefficient (Wildman–Crippen LogP) is 1.64. The van der Waals surface area contributed by atoms with E-state index >= 15 is 0 Å². The first kappa shape index (κ1) is 9.78. The molecule has 84 valence electrons. The average Bonchev–Trinajstić information content (AvgIpc) is 2.58. The van der Waals surface area contributed by atoms with Gasteiger partial charge in [-0.3, -0.25) is 4.90 Å². The Balaban J connectivity index is 2.26. The Morgan fingerprint density at radius 2 is 2.25 bits per heavy atom. The SMILES string of the molecule is Cc1ncnc2[nH]c3c(c12)C[C@@H](C)N(C)C3. The fraction of sp³-hybridized carbons (Fsp3) is 0.500. The van der Waals surface area contributed by atoms with Crippen LogP contribution < -0.4 is 0 Å². The van der Waals surface area contributed by atoms with Gasteiger partial charge >= 0.3 is 0 Å². The van der Waals surface area contributed by atoms with Crippen molar-refractivity contribution < 1.29 is 0 Å². The third-order valence-electron chi connectivity index (χ3n) is 3.63. The smallest absolute Gasteiger partial charge is 0.141 e. The summed E-state index contributed by atoms with van der Waals surface area (Å²) in [4.78, 5) is 14.4. The quantitative estimate of drug-likeness (QED) is 0.728. The van der Waals surface area contributed by atoms with E-state index in [-0.39, 0.29) is 0 Å². The lowest BCUT2D eigenvalue weighted by Gasteiger charge is -2.29. The minimum atomic E-state index is 0.589. The number of rotatable bonds is 0. The molecule has 0 unspecified atom stereocenters. The van der Waals surface area contributed by atoms with Crippen molar-refractivity contribution in [2.75, 3.05) is 7.05 Å². The Kier molecular flexibility index (Phi) is 2.01. The van der Waals surface area contributed by atoms with E-state index < -0.39 is 0 Å². The number of hydrogen-bond acceptors (Lipinski definition) is 3. The summed E-state index contributed by atoms with van der Waals surface area (Å²) >= 11 is 0. The molecule has 1 aliphatic heterocycles. The summed E-state index contributed by atoms with van der Waals surface area (Å²) < 4.78 is 0. The Hall–Kier alpha value is -1.42. The summed E-state index contributed by atoms with van der Waals surface area (Å²) in [5.41, 5.74) is 4.79. The first-order chi connectivity index (χ1) is 7.66. The molecule has 0 spiro atoms. The lowest BCUT2D eigenvalue weighted by atomic mass is 9.98. The number of nitrogens with one attached hydrogen (secondary N) is 1. The van der Waals surface area contributed by atoms with Crippen molar-refractivity contribution in [3.05, 3.63) is 23.3 Å². The van der Waals surface area contributed by atoms with Crippen LogP contribution in [-0.2, 0) is 13.0 Å². The number of aryl methyl sites for hydroxylation is 1. The lowest BCUT2D eigenvalue weighted by Crippen LogP contribution is -2.34. The molecule has 2 aromatic heterocycles. The number of nitrogens with zero attached hydrogens (tertiary/aromatic N) is 3. The molecule has 0 aliphatic carbocycles. The molecular weight excluding hydrogens is 200 g/mol. The fourth-order valence-corrected chi connectivity index (χ4v) is 2.52. The Labute approximate surface area is 94.7 Å². The first-order valence-electron chi connectivity index (χ1n) is 5.68. The standard InChI is InChI=1S/C12H16N4/c1-7-4-9-10(5-16(7)3)15-12-11(9)8(2)13-6-14-12/h6-7H,4-5H2,1-3H3,(H,13,14,15)/t7-/m1/s1. The second kappa shape index (κ2) is 3.28. The molecule has 3 heterocycles. The molecule has 4 nitrogen and oxygen atoms in total. The highest BCUT2D eigenvalue weighted by Crippen LogP contribution is 2.29. The van der Waals surface area contributed by atoms with Crippen LogP contribution in [0.5, 0.6) is 0 Å². The van der Waals surface area contributed by atoms with Crippen LogP contribution in [0.2, 0.25) is 0 Å². The van der Waals surface area contributed by atoms with Crippen LogP contribution >= 0.6 is 0 Å². The second-order valence-corrected chi connectivity index (χ2v) is 4.73. The molecule has 1 atom stereocenters. The van der Waals surface area contributed by atoms with E-state index in [4.69, 9.17) is 0 Å². The van der Waals surface area contributed by atoms with Crippen LogP contribution in [0, 0.1) is 6.92 Å². The van der Waals surface area contributed by atoms with Gasteiger partial charge in [0.05, 0.1) is 5.69 Å². The number of aromatic nitrogens is 3. The molecule has 0 fully saturated rings. The van der Waals surface area contributed by atoms with E-state index in [1.165, 1.54) is 16.6 Å². The van der Waals surface area contributed by atoms with Crippen molar-refractivity contribution in [3.8, 4) is 0 Å². The van der Waals surface area contributed by atoms with Crippen molar-refractivity contribution in [1.82, 2.24) is 19.9 Å². The van der Waals surface area contributed by atoms with Gasteiger partial charge in [0.15, 0.2) is 0 Å². The fourth-order valence-electron chi connectivity index (χ4n) is 2.52. The molecule has 0 bridgehead atoms. The minimum absolute atomic E-state index is 0.589. The van der Waals surface area contributed by atoms with Gasteiger partial charge in [0.1, 0.15) is 12.0 Å². The average molecular weight is 216 g/mol. The van der Waals surface area contributed by atoms with Crippen LogP contribution in [-0.4, -0.2) is 32.9 Å². The van der Waals surface area contributed by atoms with E-state index in [1.54, 1.807) is 6.33 Å². The number of H-pyrrole nitrogens is 1. The van der Waals surface area contributed by atoms with Gasteiger partial charge in [-0.05, 0) is 32.9 Å². The molecule has 1 N–H and O–H groups in total. The van der Waals surface area contributed by atoms with Crippen molar-refractivity contribution in [1.29, 1.82) is 0 Å². The van der Waals surface area contributed by atoms with Crippen LogP contribution in [0.1, 0.15) is 23.9 Å². The van der Waals surface area contributed by atoms with Crippen molar-refractivity contribution in [3.63, 3.8) is 0 Å². The van der Waals surface area contributed by atoms with E-state index in [9.17, 15) is 0 Å². The topological polar surface area (TPSA) is 44.8 Å². The van der Waals surface area contributed by atoms with Gasteiger partial charge in [-0.1, -0.05) is 0 Å². The maximum Gasteiger partial charge on any atom is 0.141 e. The zero-order chi connectivity index (χ0) is 11.3. The molecule has 0 saturated heterocycles. The van der Waals surface area contributed by atoms with E-state index in [0.717, 1.165) is 24.3 Å². The number of likely N-dealkylation sites (N-methyl/N-ethyl adjacent to an activating group) is 1. The van der Waals surface area contributed by atoms with Crippen LogP contribution in [0.4, 0.5) is 0 Å². The van der Waals surface area contributed by atoms with Gasteiger partial charge in [0.2, 0.25) is 0 Å². The van der Waals surface area contributed by atoms with Crippen molar-refractivity contribution >= 4 is 11.0 Å². The van der Waals surface area contributed by atoms with Crippen molar-refractivity contribution in [2.24, 2.45) is 0 Å². The Bertz CT molecular complexity index is 543. The summed E-state index contributed by atoms with van der Waals surface area (Å²) in [5.74, 6) is 0. The molecule has 0 saturated carbocycles. The Morgan fingerprint density at radius 3 is 3.06 bits per heavy atom. The van der Waals surface area contributed by atoms with Crippen LogP contribution in [0.15, 0.2) is 6.33 Å². The zero-order valence-electron chi connectivity index (χ0n) is 9.91. The molecule has 3 rings (SSSR count). The summed E-state index contributed by atoms with van der Waals surface area (Å²) in [7, 11) is 2.16. The third kappa shape index (κ3) is 1.26. The predicted molar refractivity (Wildman–Crippen MR) is 63.3 cm³/mol. The number of fused-ring (bicyclic) bond motifs is 3. The number of aromatic amines is 1. The second-order valence-electron chi connectivity index (χ2n) is 4.73. The largest absolute Gasteiger partial charge is 0.342 e. The Morgan fingerprint density at radius 1 is 1.44 bits per heavy atom. The van der Waals surface area contributed by atoms with Gasteiger partial charge in [0.25, 0.3) is 0 Å². The van der Waals surface area contributed by atoms with Crippen LogP contribution in [0.3, 0.4) is 0 Å². The van der Waals surface area contributed by atoms with Gasteiger partial charge in [-0.2, -0.15) is 0 Å². The molecule has 2 aromatic rings. The van der Waals surface area contributed by atoms with Gasteiger partial charge < -0.3 is 4.98 Å². The van der Waals surface area contributed by atoms with E-state index in [0.29, 0.717) is 6.04 Å². The monoisotopic (exact) mass is 216 g/mol. The maximum atomic E-state index is 4.31. The highest BCUT2D eigenvalue weighted by Gasteiger charge is 2.24. The summed E-state index contributed by atoms with van der Waals surface area (Å²) in [6.45, 7) is 5.30. The lowest BCUT2D eigenvalue weighted by molar-refractivity contribution is 0.229. The third-order valence-corrected chi connectivity index (χ3v) is 3.63. The molecule has 0 aromatic carbocycles. The summed E-state index contributed by atoms with van der Waals surface area (Å²) in [6.07, 6.45) is 2.72.